The standard InChI is InChI=1S/C21H27N3O3S/c1-14(2)21(3,28(22,26)27)11-15-9-18(13-23-12-15)16-5-7-19-17(10-16)6-8-20(25)24(19)4/h5,7,9-10,12-14H,6,8,11H2,1-4H3,(H2,22,26,27). The summed E-state index contributed by atoms with van der Waals surface area (Å²) in [6.45, 7) is 5.41. The van der Waals surface area contributed by atoms with E-state index in [2.05, 4.69) is 11.1 Å². The van der Waals surface area contributed by atoms with Crippen LogP contribution in [0.3, 0.4) is 0 Å². The molecular weight excluding hydrogens is 374 g/mol. The van der Waals surface area contributed by atoms with Crippen molar-refractivity contribution in [3.05, 3.63) is 47.8 Å². The minimum atomic E-state index is -3.73. The Morgan fingerprint density at radius 3 is 2.54 bits per heavy atom. The number of aromatic nitrogens is 1. The fourth-order valence-corrected chi connectivity index (χ4v) is 4.64. The summed E-state index contributed by atoms with van der Waals surface area (Å²) >= 11 is 0. The largest absolute Gasteiger partial charge is 0.315 e. The maximum atomic E-state index is 12.2. The highest BCUT2D eigenvalue weighted by atomic mass is 32.2. The van der Waals surface area contributed by atoms with Gasteiger partial charge in [-0.3, -0.25) is 9.78 Å². The van der Waals surface area contributed by atoms with Crippen LogP contribution in [0.4, 0.5) is 5.69 Å². The zero-order valence-corrected chi connectivity index (χ0v) is 17.6. The first-order valence-corrected chi connectivity index (χ1v) is 10.9. The Hall–Kier alpha value is -2.25. The number of benzene rings is 1. The quantitative estimate of drug-likeness (QED) is 0.834. The first-order valence-electron chi connectivity index (χ1n) is 9.39. The highest BCUT2D eigenvalue weighted by molar-refractivity contribution is 7.90. The second-order valence-electron chi connectivity index (χ2n) is 8.07. The first kappa shape index (κ1) is 20.5. The van der Waals surface area contributed by atoms with Crippen LogP contribution in [0, 0.1) is 5.92 Å². The molecule has 0 spiro atoms. The molecule has 1 amide bonds. The minimum absolute atomic E-state index is 0.125. The van der Waals surface area contributed by atoms with Gasteiger partial charge in [-0.25, -0.2) is 13.6 Å². The Morgan fingerprint density at radius 2 is 1.89 bits per heavy atom. The molecule has 1 aliphatic rings. The minimum Gasteiger partial charge on any atom is -0.315 e. The van der Waals surface area contributed by atoms with Gasteiger partial charge < -0.3 is 4.90 Å². The van der Waals surface area contributed by atoms with E-state index in [1.807, 2.05) is 32.0 Å². The van der Waals surface area contributed by atoms with E-state index in [1.54, 1.807) is 31.3 Å². The Morgan fingerprint density at radius 1 is 1.18 bits per heavy atom. The van der Waals surface area contributed by atoms with E-state index >= 15 is 0 Å². The third-order valence-electron chi connectivity index (χ3n) is 5.98. The summed E-state index contributed by atoms with van der Waals surface area (Å²) in [6, 6.07) is 7.98. The molecule has 0 fully saturated rings. The van der Waals surface area contributed by atoms with Gasteiger partial charge in [0.15, 0.2) is 0 Å². The van der Waals surface area contributed by atoms with E-state index in [1.165, 1.54) is 0 Å². The highest BCUT2D eigenvalue weighted by Gasteiger charge is 2.40. The molecule has 1 aromatic heterocycles. The highest BCUT2D eigenvalue weighted by Crippen LogP contribution is 2.33. The number of aryl methyl sites for hydroxylation is 1. The average molecular weight is 402 g/mol. The summed E-state index contributed by atoms with van der Waals surface area (Å²) in [6.07, 6.45) is 4.99. The third-order valence-corrected chi connectivity index (χ3v) is 7.89. The lowest BCUT2D eigenvalue weighted by Crippen LogP contribution is -2.46. The van der Waals surface area contributed by atoms with Crippen LogP contribution in [0.1, 0.15) is 38.3 Å². The van der Waals surface area contributed by atoms with Gasteiger partial charge in [-0.2, -0.15) is 0 Å². The second-order valence-corrected chi connectivity index (χ2v) is 10.1. The van der Waals surface area contributed by atoms with Crippen molar-refractivity contribution < 1.29 is 13.2 Å². The number of sulfonamides is 1. The number of pyridine rings is 1. The molecule has 6 nitrogen and oxygen atoms in total. The topological polar surface area (TPSA) is 93.4 Å². The van der Waals surface area contributed by atoms with Crippen molar-refractivity contribution in [2.45, 2.75) is 44.8 Å². The number of nitrogens with zero attached hydrogens (tertiary/aromatic N) is 2. The van der Waals surface area contributed by atoms with Crippen molar-refractivity contribution >= 4 is 21.6 Å². The maximum absolute atomic E-state index is 12.2. The number of fused-ring (bicyclic) bond motifs is 1. The molecule has 3 rings (SSSR count). The van der Waals surface area contributed by atoms with Crippen LogP contribution in [0.25, 0.3) is 11.1 Å². The molecule has 0 aliphatic carbocycles. The summed E-state index contributed by atoms with van der Waals surface area (Å²) in [5.74, 6) is -0.0112. The zero-order chi connectivity index (χ0) is 20.7. The van der Waals surface area contributed by atoms with Gasteiger partial charge in [0.25, 0.3) is 0 Å². The van der Waals surface area contributed by atoms with Gasteiger partial charge >= 0.3 is 0 Å². The summed E-state index contributed by atoms with van der Waals surface area (Å²) in [4.78, 5) is 17.9. The molecule has 1 unspecified atom stereocenters. The van der Waals surface area contributed by atoms with Gasteiger partial charge in [0, 0.05) is 37.1 Å². The van der Waals surface area contributed by atoms with Gasteiger partial charge in [-0.05, 0) is 60.6 Å². The number of anilines is 1. The van der Waals surface area contributed by atoms with E-state index in [-0.39, 0.29) is 11.8 Å². The van der Waals surface area contributed by atoms with Gasteiger partial charge in [0.05, 0.1) is 4.75 Å². The number of primary sulfonamides is 1. The van der Waals surface area contributed by atoms with Crippen molar-refractivity contribution in [1.82, 2.24) is 4.98 Å². The average Bonchev–Trinajstić information content (AvgIpc) is 2.63. The van der Waals surface area contributed by atoms with Crippen LogP contribution < -0.4 is 10.0 Å². The monoisotopic (exact) mass is 401 g/mol. The fraction of sp³-hybridized carbons (Fsp3) is 0.429. The van der Waals surface area contributed by atoms with Crippen molar-refractivity contribution in [3.63, 3.8) is 0 Å². The smallest absolute Gasteiger partial charge is 0.227 e. The van der Waals surface area contributed by atoms with Gasteiger partial charge in [-0.15, -0.1) is 0 Å². The molecule has 2 heterocycles. The predicted octanol–water partition coefficient (Wildman–Crippen LogP) is 2.90. The summed E-state index contributed by atoms with van der Waals surface area (Å²) in [5.41, 5.74) is 4.80. The lowest BCUT2D eigenvalue weighted by molar-refractivity contribution is -0.118. The molecule has 7 heteroatoms. The summed E-state index contributed by atoms with van der Waals surface area (Å²) < 4.78 is 23.3. The molecule has 150 valence electrons. The molecule has 0 saturated carbocycles. The van der Waals surface area contributed by atoms with E-state index < -0.39 is 14.8 Å². The van der Waals surface area contributed by atoms with Gasteiger partial charge in [0.2, 0.25) is 15.9 Å². The van der Waals surface area contributed by atoms with Gasteiger partial charge in [-0.1, -0.05) is 19.9 Å². The van der Waals surface area contributed by atoms with Crippen LogP contribution in [0.2, 0.25) is 0 Å². The number of amides is 1. The maximum Gasteiger partial charge on any atom is 0.227 e. The van der Waals surface area contributed by atoms with Crippen molar-refractivity contribution in [2.24, 2.45) is 11.1 Å². The molecule has 0 saturated heterocycles. The Bertz CT molecular complexity index is 1020. The third kappa shape index (κ3) is 3.69. The molecule has 1 atom stereocenters. The predicted molar refractivity (Wildman–Crippen MR) is 111 cm³/mol. The Kier molecular flexibility index (Phi) is 5.34. The SMILES string of the molecule is CC(C)C(C)(Cc1cncc(-c2ccc3c(c2)CCC(=O)N3C)c1)S(N)(=O)=O. The molecule has 0 radical (unpaired) electrons. The zero-order valence-electron chi connectivity index (χ0n) is 16.8. The molecular formula is C21H27N3O3S. The lowest BCUT2D eigenvalue weighted by atomic mass is 9.89. The number of carbonyl (C=O) groups is 1. The van der Waals surface area contributed by atoms with Gasteiger partial charge in [0.1, 0.15) is 0 Å². The van der Waals surface area contributed by atoms with E-state index in [0.717, 1.165) is 34.4 Å². The molecule has 1 aromatic carbocycles. The molecule has 1 aliphatic heterocycles. The summed E-state index contributed by atoms with van der Waals surface area (Å²) in [5, 5.41) is 5.53. The number of hydrogen-bond acceptors (Lipinski definition) is 4. The van der Waals surface area contributed by atoms with Crippen LogP contribution in [-0.4, -0.2) is 31.1 Å². The molecule has 2 aromatic rings. The molecule has 0 bridgehead atoms. The van der Waals surface area contributed by atoms with E-state index in [4.69, 9.17) is 5.14 Å². The van der Waals surface area contributed by atoms with Crippen LogP contribution >= 0.6 is 0 Å². The van der Waals surface area contributed by atoms with Crippen molar-refractivity contribution in [1.29, 1.82) is 0 Å². The van der Waals surface area contributed by atoms with Crippen molar-refractivity contribution in [3.8, 4) is 11.1 Å². The first-order chi connectivity index (χ1) is 13.0. The van der Waals surface area contributed by atoms with Crippen molar-refractivity contribution in [2.75, 3.05) is 11.9 Å². The Labute approximate surface area is 166 Å². The summed E-state index contributed by atoms with van der Waals surface area (Å²) in [7, 11) is -1.93. The number of hydrogen-bond donors (Lipinski definition) is 1. The normalized spacial score (nSPS) is 16.8. The molecule has 28 heavy (non-hydrogen) atoms. The molecule has 2 N–H and O–H groups in total. The van der Waals surface area contributed by atoms with Crippen LogP contribution in [0.5, 0.6) is 0 Å². The number of carbonyl (C=O) groups excluding carboxylic acids is 1. The fourth-order valence-electron chi connectivity index (χ4n) is 3.62. The number of nitrogens with two attached hydrogens (primary N) is 1. The van der Waals surface area contributed by atoms with Crippen LogP contribution in [-0.2, 0) is 27.7 Å². The van der Waals surface area contributed by atoms with Crippen LogP contribution in [0.15, 0.2) is 36.7 Å². The van der Waals surface area contributed by atoms with E-state index in [0.29, 0.717) is 12.8 Å². The second kappa shape index (κ2) is 7.29. The number of rotatable bonds is 5. The lowest BCUT2D eigenvalue weighted by Gasteiger charge is -2.31. The van der Waals surface area contributed by atoms with E-state index in [9.17, 15) is 13.2 Å². The Balaban J connectivity index is 1.95.